The lowest BCUT2D eigenvalue weighted by Crippen LogP contribution is -2.35. The molecule has 1 aromatic carbocycles. The molecule has 1 nitrogen and oxygen atoms in total. The largest absolute Gasteiger partial charge is 0.316 e. The van der Waals surface area contributed by atoms with Crippen molar-refractivity contribution in [3.8, 4) is 0 Å². The highest BCUT2D eigenvalue weighted by Gasteiger charge is 2.33. The van der Waals surface area contributed by atoms with Crippen molar-refractivity contribution in [1.29, 1.82) is 0 Å². The van der Waals surface area contributed by atoms with Crippen molar-refractivity contribution in [2.45, 2.75) is 46.0 Å². The minimum atomic E-state index is -0.469. The van der Waals surface area contributed by atoms with Crippen molar-refractivity contribution in [2.75, 3.05) is 13.1 Å². The molecule has 1 aliphatic carbocycles. The number of nitrogens with one attached hydrogen (secondary N) is 1. The second kappa shape index (κ2) is 6.66. The van der Waals surface area contributed by atoms with Crippen molar-refractivity contribution >= 4 is 0 Å². The quantitative estimate of drug-likeness (QED) is 0.819. The Kier molecular flexibility index (Phi) is 5.14. The minimum absolute atomic E-state index is 0.176. The molecular weight excluding hydrogens is 256 g/mol. The van der Waals surface area contributed by atoms with Gasteiger partial charge in [0.1, 0.15) is 11.6 Å². The van der Waals surface area contributed by atoms with E-state index in [1.54, 1.807) is 0 Å². The normalized spacial score (nSPS) is 17.9. The SMILES string of the molecule is CC(C)CNCC1(Cc2cc(F)cc(F)c2)CCCC1. The van der Waals surface area contributed by atoms with Gasteiger partial charge in [-0.05, 0) is 54.8 Å². The fraction of sp³-hybridized carbons (Fsp3) is 0.647. The van der Waals surface area contributed by atoms with Crippen LogP contribution in [0.4, 0.5) is 8.78 Å². The lowest BCUT2D eigenvalue weighted by Gasteiger charge is -2.30. The molecule has 1 N–H and O–H groups in total. The van der Waals surface area contributed by atoms with Crippen LogP contribution in [0.3, 0.4) is 0 Å². The third-order valence-electron chi connectivity index (χ3n) is 4.22. The highest BCUT2D eigenvalue weighted by molar-refractivity contribution is 5.20. The molecule has 0 aromatic heterocycles. The van der Waals surface area contributed by atoms with Crippen LogP contribution in [0.2, 0.25) is 0 Å². The van der Waals surface area contributed by atoms with Crippen LogP contribution in [0.5, 0.6) is 0 Å². The zero-order valence-electron chi connectivity index (χ0n) is 12.5. The molecule has 0 bridgehead atoms. The number of rotatable bonds is 6. The fourth-order valence-electron chi connectivity index (χ4n) is 3.31. The van der Waals surface area contributed by atoms with Gasteiger partial charge in [0.2, 0.25) is 0 Å². The Morgan fingerprint density at radius 3 is 2.25 bits per heavy atom. The second-order valence-corrected chi connectivity index (χ2v) is 6.69. The maximum absolute atomic E-state index is 13.3. The van der Waals surface area contributed by atoms with Crippen LogP contribution in [0.15, 0.2) is 18.2 Å². The van der Waals surface area contributed by atoms with E-state index in [0.717, 1.165) is 44.0 Å². The van der Waals surface area contributed by atoms with E-state index < -0.39 is 11.6 Å². The van der Waals surface area contributed by atoms with Crippen molar-refractivity contribution < 1.29 is 8.78 Å². The maximum Gasteiger partial charge on any atom is 0.126 e. The topological polar surface area (TPSA) is 12.0 Å². The molecule has 1 fully saturated rings. The lowest BCUT2D eigenvalue weighted by molar-refractivity contribution is 0.272. The van der Waals surface area contributed by atoms with Gasteiger partial charge in [-0.3, -0.25) is 0 Å². The minimum Gasteiger partial charge on any atom is -0.316 e. The summed E-state index contributed by atoms with van der Waals surface area (Å²) in [5.74, 6) is -0.313. The highest BCUT2D eigenvalue weighted by atomic mass is 19.1. The Hall–Kier alpha value is -0.960. The first-order valence-electron chi connectivity index (χ1n) is 7.65. The van der Waals surface area contributed by atoms with E-state index in [1.165, 1.54) is 25.0 Å². The summed E-state index contributed by atoms with van der Waals surface area (Å²) in [5, 5.41) is 3.53. The molecule has 3 heteroatoms. The first-order chi connectivity index (χ1) is 9.49. The standard InChI is InChI=1S/C17H25F2N/c1-13(2)11-20-12-17(5-3-4-6-17)10-14-7-15(18)9-16(19)8-14/h7-9,13,20H,3-6,10-12H2,1-2H3. The summed E-state index contributed by atoms with van der Waals surface area (Å²) >= 11 is 0. The van der Waals surface area contributed by atoms with Gasteiger partial charge in [-0.25, -0.2) is 8.78 Å². The average Bonchev–Trinajstić information content (AvgIpc) is 2.75. The van der Waals surface area contributed by atoms with Crippen LogP contribution in [0.25, 0.3) is 0 Å². The Labute approximate surface area is 120 Å². The number of benzene rings is 1. The summed E-state index contributed by atoms with van der Waals surface area (Å²) in [6.45, 7) is 6.33. The Morgan fingerprint density at radius 2 is 1.70 bits per heavy atom. The molecule has 1 saturated carbocycles. The lowest BCUT2D eigenvalue weighted by atomic mass is 9.80. The fourth-order valence-corrected chi connectivity index (χ4v) is 3.31. The van der Waals surface area contributed by atoms with Crippen molar-refractivity contribution in [3.63, 3.8) is 0 Å². The molecule has 0 atom stereocenters. The maximum atomic E-state index is 13.3. The first-order valence-corrected chi connectivity index (χ1v) is 7.65. The van der Waals surface area contributed by atoms with Crippen LogP contribution in [-0.2, 0) is 6.42 Å². The van der Waals surface area contributed by atoms with Crippen molar-refractivity contribution in [3.05, 3.63) is 35.4 Å². The zero-order valence-corrected chi connectivity index (χ0v) is 12.5. The highest BCUT2D eigenvalue weighted by Crippen LogP contribution is 2.40. The van der Waals surface area contributed by atoms with E-state index in [4.69, 9.17) is 0 Å². The predicted molar refractivity (Wildman–Crippen MR) is 78.7 cm³/mol. The molecule has 1 aliphatic rings. The third-order valence-corrected chi connectivity index (χ3v) is 4.22. The van der Waals surface area contributed by atoms with E-state index in [1.807, 2.05) is 0 Å². The number of halogens is 2. The van der Waals surface area contributed by atoms with Gasteiger partial charge in [0.25, 0.3) is 0 Å². The molecule has 0 spiro atoms. The summed E-state index contributed by atoms with van der Waals surface area (Å²) < 4.78 is 26.7. The third kappa shape index (κ3) is 4.27. The second-order valence-electron chi connectivity index (χ2n) is 6.69. The molecule has 112 valence electrons. The van der Waals surface area contributed by atoms with Gasteiger partial charge >= 0.3 is 0 Å². The first kappa shape index (κ1) is 15.4. The van der Waals surface area contributed by atoms with Crippen LogP contribution >= 0.6 is 0 Å². The van der Waals surface area contributed by atoms with Gasteiger partial charge in [-0.2, -0.15) is 0 Å². The molecule has 2 rings (SSSR count). The van der Waals surface area contributed by atoms with Gasteiger partial charge in [0, 0.05) is 12.6 Å². The van der Waals surface area contributed by atoms with E-state index in [2.05, 4.69) is 19.2 Å². The molecule has 0 radical (unpaired) electrons. The van der Waals surface area contributed by atoms with Crippen LogP contribution in [0.1, 0.15) is 45.1 Å². The van der Waals surface area contributed by atoms with Gasteiger partial charge in [-0.1, -0.05) is 26.7 Å². The Morgan fingerprint density at radius 1 is 1.10 bits per heavy atom. The summed E-state index contributed by atoms with van der Waals surface area (Å²) in [7, 11) is 0. The molecule has 0 unspecified atom stereocenters. The molecule has 1 aromatic rings. The molecule has 20 heavy (non-hydrogen) atoms. The average molecular weight is 281 g/mol. The summed E-state index contributed by atoms with van der Waals surface area (Å²) in [4.78, 5) is 0. The Bertz CT molecular complexity index is 416. The number of hydrogen-bond donors (Lipinski definition) is 1. The monoisotopic (exact) mass is 281 g/mol. The number of hydrogen-bond acceptors (Lipinski definition) is 1. The molecular formula is C17H25F2N. The van der Waals surface area contributed by atoms with E-state index >= 15 is 0 Å². The van der Waals surface area contributed by atoms with Crippen LogP contribution in [0, 0.1) is 23.0 Å². The zero-order chi connectivity index (χ0) is 14.6. The van der Waals surface area contributed by atoms with E-state index in [0.29, 0.717) is 5.92 Å². The summed E-state index contributed by atoms with van der Waals surface area (Å²) in [5.41, 5.74) is 0.963. The van der Waals surface area contributed by atoms with Gasteiger partial charge in [-0.15, -0.1) is 0 Å². The van der Waals surface area contributed by atoms with Crippen LogP contribution < -0.4 is 5.32 Å². The molecule has 0 saturated heterocycles. The smallest absolute Gasteiger partial charge is 0.126 e. The van der Waals surface area contributed by atoms with Crippen molar-refractivity contribution in [1.82, 2.24) is 5.32 Å². The molecule has 0 heterocycles. The van der Waals surface area contributed by atoms with Gasteiger partial charge < -0.3 is 5.32 Å². The molecule has 0 amide bonds. The van der Waals surface area contributed by atoms with Gasteiger partial charge in [0.15, 0.2) is 0 Å². The van der Waals surface area contributed by atoms with E-state index in [9.17, 15) is 8.78 Å². The van der Waals surface area contributed by atoms with Crippen LogP contribution in [-0.4, -0.2) is 13.1 Å². The predicted octanol–water partition coefficient (Wildman–Crippen LogP) is 4.31. The van der Waals surface area contributed by atoms with E-state index in [-0.39, 0.29) is 5.41 Å². The molecule has 0 aliphatic heterocycles. The summed E-state index contributed by atoms with van der Waals surface area (Å²) in [6.07, 6.45) is 5.52. The Balaban J connectivity index is 2.04. The van der Waals surface area contributed by atoms with Gasteiger partial charge in [0.05, 0.1) is 0 Å². The van der Waals surface area contributed by atoms with Crippen molar-refractivity contribution in [2.24, 2.45) is 11.3 Å². The summed E-state index contributed by atoms with van der Waals surface area (Å²) in [6, 6.07) is 3.90.